The number of methoxy groups -OCH3 is 1. The van der Waals surface area contributed by atoms with Crippen LogP contribution in [-0.2, 0) is 32.6 Å². The summed E-state index contributed by atoms with van der Waals surface area (Å²) in [6, 6.07) is 22.8. The summed E-state index contributed by atoms with van der Waals surface area (Å²) in [6.07, 6.45) is 3.53. The van der Waals surface area contributed by atoms with Crippen molar-refractivity contribution in [1.82, 2.24) is 10.2 Å². The molecule has 3 rings (SSSR count). The van der Waals surface area contributed by atoms with Crippen molar-refractivity contribution in [3.8, 4) is 5.75 Å². The lowest BCUT2D eigenvalue weighted by Gasteiger charge is -2.32. The van der Waals surface area contributed by atoms with E-state index in [2.05, 4.69) is 5.32 Å². The topological polar surface area (TPSA) is 96.0 Å². The van der Waals surface area contributed by atoms with Crippen LogP contribution in [0.3, 0.4) is 0 Å². The van der Waals surface area contributed by atoms with Crippen molar-refractivity contribution in [3.05, 3.63) is 95.0 Å². The van der Waals surface area contributed by atoms with Crippen molar-refractivity contribution in [2.45, 2.75) is 51.6 Å². The van der Waals surface area contributed by atoms with Crippen LogP contribution in [0.15, 0.2) is 78.9 Å². The molecule has 42 heavy (non-hydrogen) atoms. The van der Waals surface area contributed by atoms with Crippen LogP contribution in [0, 0.1) is 0 Å². The standard InChI is InChI=1S/C32H40ClN3O5S/c1-4-5-19-34-32(38)30(22-25-12-7-6-8-13-25)35(24-26-14-9-15-27(33)21-26)31(37)18-11-20-36(42(3,39)40)28-16-10-17-29(23-28)41-2/h6-10,12-17,21,23,30H,4-5,11,18-20,22,24H2,1-3H3,(H,34,38). The predicted molar refractivity (Wildman–Crippen MR) is 168 cm³/mol. The molecule has 226 valence electrons. The number of sulfonamides is 1. The van der Waals surface area contributed by atoms with Gasteiger partial charge in [0, 0.05) is 43.6 Å². The molecule has 0 aliphatic rings. The Morgan fingerprint density at radius 3 is 2.33 bits per heavy atom. The molecule has 0 radical (unpaired) electrons. The molecule has 0 saturated carbocycles. The van der Waals surface area contributed by atoms with Gasteiger partial charge in [-0.05, 0) is 48.2 Å². The molecule has 1 N–H and O–H groups in total. The van der Waals surface area contributed by atoms with Crippen molar-refractivity contribution in [2.24, 2.45) is 0 Å². The third-order valence-corrected chi connectivity index (χ3v) is 8.27. The van der Waals surface area contributed by atoms with Crippen molar-refractivity contribution in [3.63, 3.8) is 0 Å². The molecule has 1 atom stereocenters. The molecule has 0 aromatic heterocycles. The number of rotatable bonds is 16. The highest BCUT2D eigenvalue weighted by atomic mass is 35.5. The third-order valence-electron chi connectivity index (χ3n) is 6.84. The second-order valence-electron chi connectivity index (χ2n) is 10.1. The molecular weight excluding hydrogens is 574 g/mol. The Bertz CT molecular complexity index is 1420. The van der Waals surface area contributed by atoms with E-state index in [1.54, 1.807) is 41.3 Å². The second kappa shape index (κ2) is 16.2. The van der Waals surface area contributed by atoms with Crippen molar-refractivity contribution in [2.75, 3.05) is 30.8 Å². The zero-order valence-corrected chi connectivity index (χ0v) is 26.0. The van der Waals surface area contributed by atoms with Crippen LogP contribution in [0.4, 0.5) is 5.69 Å². The fraction of sp³-hybridized carbons (Fsp3) is 0.375. The Morgan fingerprint density at radius 1 is 0.952 bits per heavy atom. The van der Waals surface area contributed by atoms with E-state index in [1.807, 2.05) is 49.4 Å². The molecule has 8 nitrogen and oxygen atoms in total. The number of hydrogen-bond donors (Lipinski definition) is 1. The largest absolute Gasteiger partial charge is 0.497 e. The van der Waals surface area contributed by atoms with E-state index in [0.29, 0.717) is 29.4 Å². The summed E-state index contributed by atoms with van der Waals surface area (Å²) in [7, 11) is -2.11. The van der Waals surface area contributed by atoms with Gasteiger partial charge in [0.2, 0.25) is 21.8 Å². The average molecular weight is 614 g/mol. The fourth-order valence-corrected chi connectivity index (χ4v) is 5.83. The van der Waals surface area contributed by atoms with E-state index in [-0.39, 0.29) is 37.7 Å². The van der Waals surface area contributed by atoms with Crippen molar-refractivity contribution < 1.29 is 22.7 Å². The predicted octanol–water partition coefficient (Wildman–Crippen LogP) is 5.45. The van der Waals surface area contributed by atoms with Crippen LogP contribution >= 0.6 is 11.6 Å². The summed E-state index contributed by atoms with van der Waals surface area (Å²) in [5.74, 6) is 0.0558. The Labute approximate surface area is 254 Å². The van der Waals surface area contributed by atoms with Gasteiger partial charge >= 0.3 is 0 Å². The van der Waals surface area contributed by atoms with Crippen LogP contribution in [-0.4, -0.2) is 57.6 Å². The number of halogens is 1. The van der Waals surface area contributed by atoms with Crippen LogP contribution in [0.5, 0.6) is 5.75 Å². The zero-order valence-electron chi connectivity index (χ0n) is 24.5. The summed E-state index contributed by atoms with van der Waals surface area (Å²) in [5.41, 5.74) is 2.18. The molecule has 0 aliphatic carbocycles. The van der Waals surface area contributed by atoms with Crippen molar-refractivity contribution >= 4 is 39.1 Å². The van der Waals surface area contributed by atoms with Gasteiger partial charge in [-0.1, -0.05) is 73.5 Å². The molecule has 0 aliphatic heterocycles. The number of unbranched alkanes of at least 4 members (excludes halogenated alkanes) is 1. The Balaban J connectivity index is 1.87. The van der Waals surface area contributed by atoms with E-state index >= 15 is 0 Å². The lowest BCUT2D eigenvalue weighted by Crippen LogP contribution is -2.50. The number of carbonyl (C=O) groups is 2. The minimum absolute atomic E-state index is 0.0457. The van der Waals surface area contributed by atoms with E-state index in [0.717, 1.165) is 30.2 Å². The number of amides is 2. The smallest absolute Gasteiger partial charge is 0.243 e. The number of anilines is 1. The highest BCUT2D eigenvalue weighted by molar-refractivity contribution is 7.92. The van der Waals surface area contributed by atoms with E-state index in [4.69, 9.17) is 16.3 Å². The molecule has 1 unspecified atom stereocenters. The maximum atomic E-state index is 13.9. The molecule has 0 saturated heterocycles. The summed E-state index contributed by atoms with van der Waals surface area (Å²) in [4.78, 5) is 29.0. The van der Waals surface area contributed by atoms with Gasteiger partial charge in [-0.2, -0.15) is 0 Å². The number of hydrogen-bond acceptors (Lipinski definition) is 5. The van der Waals surface area contributed by atoms with E-state index < -0.39 is 16.1 Å². The van der Waals surface area contributed by atoms with Gasteiger partial charge in [0.25, 0.3) is 0 Å². The van der Waals surface area contributed by atoms with Gasteiger partial charge in [-0.25, -0.2) is 8.42 Å². The monoisotopic (exact) mass is 613 g/mol. The maximum absolute atomic E-state index is 13.9. The van der Waals surface area contributed by atoms with Gasteiger partial charge < -0.3 is 15.0 Å². The molecular formula is C32H40ClN3O5S. The molecule has 3 aromatic rings. The highest BCUT2D eigenvalue weighted by Crippen LogP contribution is 2.24. The Hall–Kier alpha value is -3.56. The molecule has 10 heteroatoms. The first kappa shape index (κ1) is 32.9. The molecule has 3 aromatic carbocycles. The van der Waals surface area contributed by atoms with Gasteiger partial charge in [-0.3, -0.25) is 13.9 Å². The zero-order chi connectivity index (χ0) is 30.5. The fourth-order valence-electron chi connectivity index (χ4n) is 4.66. The highest BCUT2D eigenvalue weighted by Gasteiger charge is 2.30. The lowest BCUT2D eigenvalue weighted by atomic mass is 10.0. The number of nitrogens with one attached hydrogen (secondary N) is 1. The van der Waals surface area contributed by atoms with Crippen LogP contribution in [0.2, 0.25) is 5.02 Å². The van der Waals surface area contributed by atoms with Gasteiger partial charge in [-0.15, -0.1) is 0 Å². The third kappa shape index (κ3) is 10.1. The molecule has 0 heterocycles. The average Bonchev–Trinajstić information content (AvgIpc) is 2.97. The summed E-state index contributed by atoms with van der Waals surface area (Å²) >= 11 is 6.25. The normalized spacial score (nSPS) is 11.9. The van der Waals surface area contributed by atoms with Crippen LogP contribution in [0.25, 0.3) is 0 Å². The van der Waals surface area contributed by atoms with Crippen molar-refractivity contribution in [1.29, 1.82) is 0 Å². The number of carbonyl (C=O) groups excluding carboxylic acids is 2. The van der Waals surface area contributed by atoms with Gasteiger partial charge in [0.1, 0.15) is 11.8 Å². The molecule has 0 fully saturated rings. The molecule has 0 bridgehead atoms. The first-order chi connectivity index (χ1) is 20.1. The molecule has 0 spiro atoms. The lowest BCUT2D eigenvalue weighted by molar-refractivity contribution is -0.141. The summed E-state index contributed by atoms with van der Waals surface area (Å²) in [6.45, 7) is 2.84. The number of benzene rings is 3. The summed E-state index contributed by atoms with van der Waals surface area (Å²) < 4.78 is 31.9. The second-order valence-corrected chi connectivity index (χ2v) is 12.5. The van der Waals surface area contributed by atoms with Gasteiger partial charge in [0.15, 0.2) is 0 Å². The maximum Gasteiger partial charge on any atom is 0.243 e. The first-order valence-corrected chi connectivity index (χ1v) is 16.3. The van der Waals surface area contributed by atoms with Gasteiger partial charge in [0.05, 0.1) is 19.1 Å². The summed E-state index contributed by atoms with van der Waals surface area (Å²) in [5, 5.41) is 3.54. The van der Waals surface area contributed by atoms with E-state index in [1.165, 1.54) is 11.4 Å². The molecule has 2 amide bonds. The Morgan fingerprint density at radius 2 is 1.67 bits per heavy atom. The minimum Gasteiger partial charge on any atom is -0.497 e. The van der Waals surface area contributed by atoms with E-state index in [9.17, 15) is 18.0 Å². The first-order valence-electron chi connectivity index (χ1n) is 14.1. The SMILES string of the molecule is CCCCNC(=O)C(Cc1ccccc1)N(Cc1cccc(Cl)c1)C(=O)CCCN(c1cccc(OC)c1)S(C)(=O)=O. The minimum atomic E-state index is -3.62. The Kier molecular flexibility index (Phi) is 12.7. The van der Waals surface area contributed by atoms with Crippen LogP contribution in [0.1, 0.15) is 43.7 Å². The number of ether oxygens (including phenoxy) is 1. The quantitative estimate of drug-likeness (QED) is 0.217. The number of nitrogens with zero attached hydrogens (tertiary/aromatic N) is 2. The van der Waals surface area contributed by atoms with Crippen LogP contribution < -0.4 is 14.4 Å².